The first-order chi connectivity index (χ1) is 7.36. The lowest BCUT2D eigenvalue weighted by Gasteiger charge is -2.30. The molecule has 1 atom stereocenters. The summed E-state index contributed by atoms with van der Waals surface area (Å²) in [7, 11) is 0. The maximum absolute atomic E-state index is 4.62. The van der Waals surface area contributed by atoms with Crippen LogP contribution in [0.4, 0.5) is 0 Å². The first kappa shape index (κ1) is 10.7. The monoisotopic (exact) mass is 203 g/mol. The predicted molar refractivity (Wildman–Crippen MR) is 64.0 cm³/mol. The average Bonchev–Trinajstić information content (AvgIpc) is 2.31. The van der Waals surface area contributed by atoms with Crippen molar-refractivity contribution in [2.75, 3.05) is 0 Å². The van der Waals surface area contributed by atoms with E-state index in [1.165, 1.54) is 43.4 Å². The number of rotatable bonds is 3. The quantitative estimate of drug-likeness (QED) is 0.725. The van der Waals surface area contributed by atoms with Crippen LogP contribution in [0.15, 0.2) is 18.3 Å². The van der Waals surface area contributed by atoms with Crippen LogP contribution in [0, 0.1) is 5.92 Å². The van der Waals surface area contributed by atoms with Crippen LogP contribution in [0.3, 0.4) is 0 Å². The van der Waals surface area contributed by atoms with Crippen molar-refractivity contribution in [1.29, 1.82) is 0 Å². The molecule has 82 valence electrons. The minimum atomic E-state index is 0.727. The highest BCUT2D eigenvalue weighted by Crippen LogP contribution is 2.38. The lowest BCUT2D eigenvalue weighted by molar-refractivity contribution is 0.351. The standard InChI is InChI=1S/C14H21N/c1-3-11(4-2)13-9-5-7-12-8-6-10-15-14(12)13/h6,8,10-11,13H,3-5,7,9H2,1-2H3. The number of aryl methyl sites for hydroxylation is 1. The van der Waals surface area contributed by atoms with E-state index in [1.54, 1.807) is 0 Å². The van der Waals surface area contributed by atoms with E-state index in [0.717, 1.165) is 11.8 Å². The lowest BCUT2D eigenvalue weighted by atomic mass is 9.76. The van der Waals surface area contributed by atoms with Gasteiger partial charge >= 0.3 is 0 Å². The average molecular weight is 203 g/mol. The van der Waals surface area contributed by atoms with Crippen molar-refractivity contribution in [3.63, 3.8) is 0 Å². The zero-order chi connectivity index (χ0) is 10.7. The number of aromatic nitrogens is 1. The smallest absolute Gasteiger partial charge is 0.0469 e. The van der Waals surface area contributed by atoms with Crippen molar-refractivity contribution in [3.05, 3.63) is 29.6 Å². The summed E-state index contributed by atoms with van der Waals surface area (Å²) in [6.45, 7) is 4.62. The molecule has 0 fully saturated rings. The topological polar surface area (TPSA) is 12.9 Å². The summed E-state index contributed by atoms with van der Waals surface area (Å²) in [4.78, 5) is 4.62. The van der Waals surface area contributed by atoms with Crippen molar-refractivity contribution in [3.8, 4) is 0 Å². The van der Waals surface area contributed by atoms with Crippen LogP contribution in [-0.2, 0) is 6.42 Å². The molecule has 1 heteroatoms. The minimum absolute atomic E-state index is 0.727. The second kappa shape index (κ2) is 4.78. The van der Waals surface area contributed by atoms with Gasteiger partial charge in [-0.1, -0.05) is 32.8 Å². The summed E-state index contributed by atoms with van der Waals surface area (Å²) >= 11 is 0. The predicted octanol–water partition coefficient (Wildman–Crippen LogP) is 3.94. The Morgan fingerprint density at radius 2 is 2.20 bits per heavy atom. The second-order valence-corrected chi connectivity index (χ2v) is 4.62. The zero-order valence-corrected chi connectivity index (χ0v) is 9.87. The van der Waals surface area contributed by atoms with Gasteiger partial charge < -0.3 is 0 Å². The summed E-state index contributed by atoms with van der Waals surface area (Å²) < 4.78 is 0. The van der Waals surface area contributed by atoms with Gasteiger partial charge in [-0.3, -0.25) is 4.98 Å². The van der Waals surface area contributed by atoms with Crippen LogP contribution >= 0.6 is 0 Å². The highest BCUT2D eigenvalue weighted by Gasteiger charge is 2.26. The Bertz CT molecular complexity index is 315. The maximum atomic E-state index is 4.62. The SMILES string of the molecule is CCC(CC)C1CCCc2cccnc21. The van der Waals surface area contributed by atoms with Crippen molar-refractivity contribution in [2.45, 2.75) is 51.9 Å². The lowest BCUT2D eigenvalue weighted by Crippen LogP contribution is -2.19. The van der Waals surface area contributed by atoms with Gasteiger partial charge in [0.1, 0.15) is 0 Å². The molecule has 0 spiro atoms. The molecule has 0 radical (unpaired) electrons. The Hall–Kier alpha value is -0.850. The number of fused-ring (bicyclic) bond motifs is 1. The molecule has 1 aliphatic carbocycles. The summed E-state index contributed by atoms with van der Waals surface area (Å²) in [5.41, 5.74) is 2.90. The fourth-order valence-corrected chi connectivity index (χ4v) is 2.96. The maximum Gasteiger partial charge on any atom is 0.0469 e. The van der Waals surface area contributed by atoms with E-state index < -0.39 is 0 Å². The third-order valence-electron chi connectivity index (χ3n) is 3.86. The largest absolute Gasteiger partial charge is 0.261 e. The number of nitrogens with zero attached hydrogens (tertiary/aromatic N) is 1. The fourth-order valence-electron chi connectivity index (χ4n) is 2.96. The van der Waals surface area contributed by atoms with E-state index >= 15 is 0 Å². The van der Waals surface area contributed by atoms with Gasteiger partial charge in [0, 0.05) is 17.8 Å². The molecule has 1 aliphatic rings. The number of pyridine rings is 1. The summed E-state index contributed by atoms with van der Waals surface area (Å²) in [5.74, 6) is 1.56. The Morgan fingerprint density at radius 1 is 1.40 bits per heavy atom. The van der Waals surface area contributed by atoms with Gasteiger partial charge in [-0.25, -0.2) is 0 Å². The Morgan fingerprint density at radius 3 is 2.93 bits per heavy atom. The highest BCUT2D eigenvalue weighted by atomic mass is 14.7. The van der Waals surface area contributed by atoms with Crippen LogP contribution in [0.1, 0.15) is 56.7 Å². The molecule has 0 bridgehead atoms. The summed E-state index contributed by atoms with van der Waals surface area (Å²) in [5, 5.41) is 0. The van der Waals surface area contributed by atoms with Crippen molar-refractivity contribution < 1.29 is 0 Å². The van der Waals surface area contributed by atoms with Crippen LogP contribution in [0.5, 0.6) is 0 Å². The normalized spacial score (nSPS) is 20.3. The molecule has 0 aromatic carbocycles. The van der Waals surface area contributed by atoms with Crippen LogP contribution in [0.2, 0.25) is 0 Å². The molecule has 0 amide bonds. The van der Waals surface area contributed by atoms with Crippen LogP contribution < -0.4 is 0 Å². The third kappa shape index (κ3) is 2.06. The molecule has 0 aliphatic heterocycles. The molecular weight excluding hydrogens is 182 g/mol. The van der Waals surface area contributed by atoms with Gasteiger partial charge in [0.05, 0.1) is 0 Å². The molecule has 1 heterocycles. The highest BCUT2D eigenvalue weighted by molar-refractivity contribution is 5.26. The minimum Gasteiger partial charge on any atom is -0.261 e. The van der Waals surface area contributed by atoms with E-state index in [4.69, 9.17) is 0 Å². The second-order valence-electron chi connectivity index (χ2n) is 4.62. The first-order valence-electron chi connectivity index (χ1n) is 6.30. The Labute approximate surface area is 92.9 Å². The molecular formula is C14H21N. The van der Waals surface area contributed by atoms with Crippen molar-refractivity contribution in [2.24, 2.45) is 5.92 Å². The molecule has 0 saturated heterocycles. The molecule has 1 unspecified atom stereocenters. The van der Waals surface area contributed by atoms with Gasteiger partial charge in [0.2, 0.25) is 0 Å². The molecule has 0 saturated carbocycles. The molecule has 1 aromatic rings. The summed E-state index contributed by atoms with van der Waals surface area (Å²) in [6.07, 6.45) is 8.46. The van der Waals surface area contributed by atoms with Crippen LogP contribution in [-0.4, -0.2) is 4.98 Å². The zero-order valence-electron chi connectivity index (χ0n) is 9.87. The van der Waals surface area contributed by atoms with Gasteiger partial charge in [0.15, 0.2) is 0 Å². The summed E-state index contributed by atoms with van der Waals surface area (Å²) in [6, 6.07) is 4.34. The molecule has 1 aromatic heterocycles. The molecule has 1 nitrogen and oxygen atoms in total. The Balaban J connectivity index is 2.28. The molecule has 2 rings (SSSR count). The molecule has 15 heavy (non-hydrogen) atoms. The van der Waals surface area contributed by atoms with E-state index in [2.05, 4.69) is 31.0 Å². The van der Waals surface area contributed by atoms with E-state index in [-0.39, 0.29) is 0 Å². The fraction of sp³-hybridized carbons (Fsp3) is 0.643. The van der Waals surface area contributed by atoms with E-state index in [0.29, 0.717) is 0 Å². The number of hydrogen-bond acceptors (Lipinski definition) is 1. The molecule has 0 N–H and O–H groups in total. The number of hydrogen-bond donors (Lipinski definition) is 0. The third-order valence-corrected chi connectivity index (χ3v) is 3.86. The van der Waals surface area contributed by atoms with Crippen molar-refractivity contribution in [1.82, 2.24) is 4.98 Å². The van der Waals surface area contributed by atoms with Gasteiger partial charge in [0.25, 0.3) is 0 Å². The van der Waals surface area contributed by atoms with E-state index in [1.807, 2.05) is 6.20 Å². The first-order valence-corrected chi connectivity index (χ1v) is 6.30. The van der Waals surface area contributed by atoms with Gasteiger partial charge in [-0.05, 0) is 36.8 Å². The Kier molecular flexibility index (Phi) is 3.40. The van der Waals surface area contributed by atoms with Crippen molar-refractivity contribution >= 4 is 0 Å². The van der Waals surface area contributed by atoms with E-state index in [9.17, 15) is 0 Å². The van der Waals surface area contributed by atoms with Gasteiger partial charge in [-0.2, -0.15) is 0 Å². The van der Waals surface area contributed by atoms with Crippen LogP contribution in [0.25, 0.3) is 0 Å². The van der Waals surface area contributed by atoms with Gasteiger partial charge in [-0.15, -0.1) is 0 Å².